The molecule has 0 saturated carbocycles. The third kappa shape index (κ3) is 5.64. The summed E-state index contributed by atoms with van der Waals surface area (Å²) in [6.45, 7) is 6.70. The van der Waals surface area contributed by atoms with Crippen molar-refractivity contribution in [3.8, 4) is 11.5 Å². The van der Waals surface area contributed by atoms with Gasteiger partial charge in [0.25, 0.3) is 0 Å². The maximum Gasteiger partial charge on any atom is 0.335 e. The Bertz CT molecular complexity index is 671. The number of ether oxygens (including phenoxy) is 2. The lowest BCUT2D eigenvalue weighted by molar-refractivity contribution is -0.129. The van der Waals surface area contributed by atoms with Gasteiger partial charge in [0.05, 0.1) is 0 Å². The molecule has 0 atom stereocenters. The summed E-state index contributed by atoms with van der Waals surface area (Å²) in [6.07, 6.45) is 2.24. The van der Waals surface area contributed by atoms with Gasteiger partial charge >= 0.3 is 11.9 Å². The second kappa shape index (κ2) is 9.00. The molecule has 0 saturated heterocycles. The van der Waals surface area contributed by atoms with Crippen LogP contribution in [0.3, 0.4) is 0 Å². The van der Waals surface area contributed by atoms with E-state index in [4.69, 9.17) is 9.47 Å². The molecule has 2 rings (SSSR count). The van der Waals surface area contributed by atoms with Crippen LogP contribution < -0.4 is 9.47 Å². The van der Waals surface area contributed by atoms with E-state index < -0.39 is 11.9 Å². The number of benzene rings is 2. The Kier molecular flexibility index (Phi) is 6.72. The molecule has 2 aromatic carbocycles. The summed E-state index contributed by atoms with van der Waals surface area (Å²) < 4.78 is 10.0. The standard InChI is InChI=1S/C18H14O4S2/c1-3-17(19)21-13-5-9-15(10-6-13)23-24-16-11-7-14(8-12-16)22-18(20)4-2/h3-12H,1-2H2. The molecule has 4 nitrogen and oxygen atoms in total. The molecule has 0 aromatic heterocycles. The van der Waals surface area contributed by atoms with Gasteiger partial charge in [-0.05, 0) is 48.5 Å². The highest BCUT2D eigenvalue weighted by atomic mass is 33.1. The first-order valence-corrected chi connectivity index (χ1v) is 8.99. The predicted molar refractivity (Wildman–Crippen MR) is 96.3 cm³/mol. The fourth-order valence-electron chi connectivity index (χ4n) is 1.54. The van der Waals surface area contributed by atoms with Crippen LogP contribution in [0.25, 0.3) is 0 Å². The highest BCUT2D eigenvalue weighted by molar-refractivity contribution is 8.76. The number of esters is 2. The number of carbonyl (C=O) groups is 2. The molecule has 0 spiro atoms. The van der Waals surface area contributed by atoms with Gasteiger partial charge < -0.3 is 9.47 Å². The van der Waals surface area contributed by atoms with Crippen LogP contribution in [0.4, 0.5) is 0 Å². The number of hydrogen-bond acceptors (Lipinski definition) is 6. The van der Waals surface area contributed by atoms with Crippen LogP contribution in [-0.2, 0) is 9.59 Å². The molecule has 2 aromatic rings. The van der Waals surface area contributed by atoms with Crippen LogP contribution in [-0.4, -0.2) is 11.9 Å². The van der Waals surface area contributed by atoms with Crippen LogP contribution in [0.1, 0.15) is 0 Å². The number of rotatable bonds is 7. The van der Waals surface area contributed by atoms with Gasteiger partial charge in [0.1, 0.15) is 11.5 Å². The van der Waals surface area contributed by atoms with Gasteiger partial charge in [-0.1, -0.05) is 34.7 Å². The molecule has 24 heavy (non-hydrogen) atoms. The third-order valence-corrected chi connectivity index (χ3v) is 5.07. The quantitative estimate of drug-likeness (QED) is 0.310. The second-order valence-corrected chi connectivity index (χ2v) is 6.64. The zero-order chi connectivity index (χ0) is 17.4. The molecule has 6 heteroatoms. The summed E-state index contributed by atoms with van der Waals surface area (Å²) in [4.78, 5) is 24.2. The first-order valence-electron chi connectivity index (χ1n) is 6.84. The van der Waals surface area contributed by atoms with Gasteiger partial charge in [0.2, 0.25) is 0 Å². The van der Waals surface area contributed by atoms with Gasteiger partial charge in [0.15, 0.2) is 0 Å². The van der Waals surface area contributed by atoms with Gasteiger partial charge in [-0.2, -0.15) is 0 Å². The van der Waals surface area contributed by atoms with E-state index in [1.807, 2.05) is 24.3 Å². The lowest BCUT2D eigenvalue weighted by Crippen LogP contribution is -2.02. The average Bonchev–Trinajstić information content (AvgIpc) is 2.62. The Morgan fingerprint density at radius 3 is 1.33 bits per heavy atom. The van der Waals surface area contributed by atoms with Crippen LogP contribution in [0.15, 0.2) is 83.6 Å². The van der Waals surface area contributed by atoms with Crippen molar-refractivity contribution in [1.82, 2.24) is 0 Å². The van der Waals surface area contributed by atoms with Crippen molar-refractivity contribution >= 4 is 33.5 Å². The SMILES string of the molecule is C=CC(=O)Oc1ccc(SSc2ccc(OC(=O)C=C)cc2)cc1. The van der Waals surface area contributed by atoms with Crippen molar-refractivity contribution in [2.45, 2.75) is 9.79 Å². The Labute approximate surface area is 147 Å². The predicted octanol–water partition coefficient (Wildman–Crippen LogP) is 4.67. The highest BCUT2D eigenvalue weighted by Crippen LogP contribution is 2.38. The minimum Gasteiger partial charge on any atom is -0.423 e. The maximum atomic E-state index is 11.1. The van der Waals surface area contributed by atoms with Crippen molar-refractivity contribution in [3.05, 3.63) is 73.8 Å². The van der Waals surface area contributed by atoms with Crippen molar-refractivity contribution in [3.63, 3.8) is 0 Å². The Hall–Kier alpha value is -2.44. The first-order chi connectivity index (χ1) is 11.6. The van der Waals surface area contributed by atoms with Crippen LogP contribution in [0.5, 0.6) is 11.5 Å². The fraction of sp³-hybridized carbons (Fsp3) is 0. The van der Waals surface area contributed by atoms with Gasteiger partial charge in [-0.25, -0.2) is 9.59 Å². The molecule has 0 aliphatic carbocycles. The van der Waals surface area contributed by atoms with E-state index in [0.717, 1.165) is 21.9 Å². The number of carbonyl (C=O) groups excluding carboxylic acids is 2. The summed E-state index contributed by atoms with van der Waals surface area (Å²) in [7, 11) is 3.13. The van der Waals surface area contributed by atoms with E-state index in [0.29, 0.717) is 11.5 Å². The molecule has 0 amide bonds. The van der Waals surface area contributed by atoms with Gasteiger partial charge in [-0.3, -0.25) is 0 Å². The van der Waals surface area contributed by atoms with E-state index in [1.54, 1.807) is 45.9 Å². The average molecular weight is 358 g/mol. The molecule has 0 radical (unpaired) electrons. The van der Waals surface area contributed by atoms with Crippen molar-refractivity contribution in [2.75, 3.05) is 0 Å². The molecule has 0 bridgehead atoms. The summed E-state index contributed by atoms with van der Waals surface area (Å²) in [5, 5.41) is 0. The largest absolute Gasteiger partial charge is 0.423 e. The summed E-state index contributed by atoms with van der Waals surface area (Å²) >= 11 is 0. The second-order valence-electron chi connectivity index (χ2n) is 4.36. The topological polar surface area (TPSA) is 52.6 Å². The zero-order valence-electron chi connectivity index (χ0n) is 12.6. The number of hydrogen-bond donors (Lipinski definition) is 0. The monoisotopic (exact) mass is 358 g/mol. The minimum absolute atomic E-state index is 0.475. The van der Waals surface area contributed by atoms with Crippen molar-refractivity contribution in [2.24, 2.45) is 0 Å². The molecule has 0 aliphatic heterocycles. The highest BCUT2D eigenvalue weighted by Gasteiger charge is 2.03. The summed E-state index contributed by atoms with van der Waals surface area (Å²) in [6, 6.07) is 14.4. The Morgan fingerprint density at radius 2 is 1.04 bits per heavy atom. The lowest BCUT2D eigenvalue weighted by atomic mass is 10.3. The van der Waals surface area contributed by atoms with Crippen LogP contribution in [0.2, 0.25) is 0 Å². The Morgan fingerprint density at radius 1 is 0.708 bits per heavy atom. The van der Waals surface area contributed by atoms with Crippen molar-refractivity contribution in [1.29, 1.82) is 0 Å². The van der Waals surface area contributed by atoms with Gasteiger partial charge in [-0.15, -0.1) is 0 Å². The van der Waals surface area contributed by atoms with Gasteiger partial charge in [0, 0.05) is 21.9 Å². The van der Waals surface area contributed by atoms with Crippen LogP contribution in [0, 0.1) is 0 Å². The third-order valence-electron chi connectivity index (χ3n) is 2.65. The van der Waals surface area contributed by atoms with Crippen molar-refractivity contribution < 1.29 is 19.1 Å². The molecule has 0 unspecified atom stereocenters. The summed E-state index contributed by atoms with van der Waals surface area (Å²) in [5.74, 6) is -0.0191. The molecule has 122 valence electrons. The molecular formula is C18H14O4S2. The molecule has 0 N–H and O–H groups in total. The van der Waals surface area contributed by atoms with E-state index >= 15 is 0 Å². The zero-order valence-corrected chi connectivity index (χ0v) is 14.3. The lowest BCUT2D eigenvalue weighted by Gasteiger charge is -2.05. The smallest absolute Gasteiger partial charge is 0.335 e. The normalized spacial score (nSPS) is 9.83. The summed E-state index contributed by atoms with van der Waals surface area (Å²) in [5.41, 5.74) is 0. The van der Waals surface area contributed by atoms with E-state index in [9.17, 15) is 9.59 Å². The molecule has 0 aliphatic rings. The molecular weight excluding hydrogens is 344 g/mol. The first kappa shape index (κ1) is 17.9. The van der Waals surface area contributed by atoms with E-state index in [1.165, 1.54) is 0 Å². The van der Waals surface area contributed by atoms with E-state index in [2.05, 4.69) is 13.2 Å². The minimum atomic E-state index is -0.484. The van der Waals surface area contributed by atoms with Crippen LogP contribution >= 0.6 is 21.6 Å². The molecule has 0 fully saturated rings. The Balaban J connectivity index is 1.88. The van der Waals surface area contributed by atoms with E-state index in [-0.39, 0.29) is 0 Å². The molecule has 0 heterocycles. The fourth-order valence-corrected chi connectivity index (χ4v) is 3.47. The maximum absolute atomic E-state index is 11.1.